The quantitative estimate of drug-likeness (QED) is 0.0139. The van der Waals surface area contributed by atoms with Gasteiger partial charge in [0.15, 0.2) is 72.0 Å². The highest BCUT2D eigenvalue weighted by Crippen LogP contribution is 2.41. The summed E-state index contributed by atoms with van der Waals surface area (Å²) in [5.41, 5.74) is 15.1. The van der Waals surface area contributed by atoms with Gasteiger partial charge < -0.3 is 66.9 Å². The monoisotopic (exact) mass is 2030 g/mol. The number of ether oxygens (including phenoxy) is 8. The van der Waals surface area contributed by atoms with Crippen molar-refractivity contribution in [1.29, 1.82) is 0 Å². The number of aromatic hydroxyl groups is 1. The van der Waals surface area contributed by atoms with E-state index in [-0.39, 0.29) is 44.3 Å². The summed E-state index contributed by atoms with van der Waals surface area (Å²) in [5, 5.41) is 30.3. The van der Waals surface area contributed by atoms with Crippen LogP contribution in [0.2, 0.25) is 154 Å². The number of hydrogen-bond donors (Lipinski definition) is 3. The second kappa shape index (κ2) is 49.6. The molecule has 2 saturated heterocycles. The van der Waals surface area contributed by atoms with Crippen molar-refractivity contribution in [3.8, 4) is 85.2 Å². The maximum Gasteiger partial charge on any atom is 0.189 e. The summed E-state index contributed by atoms with van der Waals surface area (Å²) in [6.07, 6.45) is 8.59. The van der Waals surface area contributed by atoms with Crippen molar-refractivity contribution in [2.24, 2.45) is 0 Å². The van der Waals surface area contributed by atoms with Crippen molar-refractivity contribution in [2.45, 2.75) is 248 Å². The predicted molar refractivity (Wildman–Crippen MR) is 577 cm³/mol. The average molecular weight is 2030 g/mol. The Morgan fingerprint density at radius 3 is 1.24 bits per heavy atom. The SMILES string of the molecule is CCc1cc(O)c(F)cc1-c1ccc2c(-c3ncc(CN4CCN(CC)CC4)[nH]3)n[nH]c2c1.CCc1cc(OCOCC[Si](C)(C)C)c(F)cc1-c1ccc2c(-c3nc(C=O)cn3COCC[Si](C)(C)C)nn(COCC[Si](C)(C)C)c2c1.CCc1cc(OCOCC[Si](C)(C)C)c(F)cc1-c1ccc2c(-c3nc(CN4CCN(CC)CC4)cn3COCC[Si](C)(C)C)nn(COCC[Si](C)(C)C)c2c1. The first-order chi connectivity index (χ1) is 66.5. The normalized spacial score (nSPS) is 14.2. The number of rotatable bonds is 48. The minimum atomic E-state index is -1.29. The Morgan fingerprint density at radius 1 is 0.421 bits per heavy atom. The van der Waals surface area contributed by atoms with Crippen LogP contribution in [0.15, 0.2) is 110 Å². The van der Waals surface area contributed by atoms with Crippen LogP contribution in [-0.2, 0) is 87.7 Å². The van der Waals surface area contributed by atoms with Crippen LogP contribution in [0, 0.1) is 17.5 Å². The van der Waals surface area contributed by atoms with E-state index in [0.29, 0.717) is 76.5 Å². The Kier molecular flexibility index (Phi) is 38.9. The highest BCUT2D eigenvalue weighted by molar-refractivity contribution is 6.78. The molecule has 12 aromatic rings. The average Bonchev–Trinajstić information content (AvgIpc) is 1.61. The number of benzene rings is 6. The van der Waals surface area contributed by atoms with Gasteiger partial charge in [-0.15, -0.1) is 0 Å². The first-order valence-corrected chi connectivity index (χ1v) is 72.6. The number of likely N-dealkylation sites (N-methyl/N-ethyl adjacent to an activating group) is 2. The van der Waals surface area contributed by atoms with Crippen molar-refractivity contribution in [1.82, 2.24) is 78.4 Å². The van der Waals surface area contributed by atoms with Crippen LogP contribution in [0.3, 0.4) is 0 Å². The second-order valence-electron chi connectivity index (χ2n) is 44.5. The van der Waals surface area contributed by atoms with Crippen LogP contribution < -0.4 is 9.47 Å². The third-order valence-electron chi connectivity index (χ3n) is 25.7. The smallest absolute Gasteiger partial charge is 0.189 e. The number of aryl methyl sites for hydroxylation is 3. The second-order valence-corrected chi connectivity index (χ2v) is 78.3. The van der Waals surface area contributed by atoms with Gasteiger partial charge in [0.25, 0.3) is 0 Å². The maximum atomic E-state index is 15.7. The molecule has 0 aliphatic carbocycles. The predicted octanol–water partition coefficient (Wildman–Crippen LogP) is 23.3. The molecule has 0 radical (unpaired) electrons. The number of imidazole rings is 3. The summed E-state index contributed by atoms with van der Waals surface area (Å²) in [7, 11) is -7.54. The molecule has 762 valence electrons. The number of carbonyl (C=O) groups is 1. The van der Waals surface area contributed by atoms with Gasteiger partial charge in [0.2, 0.25) is 0 Å². The first kappa shape index (κ1) is 110. The molecule has 0 amide bonds. The van der Waals surface area contributed by atoms with Crippen molar-refractivity contribution in [3.05, 3.63) is 161 Å². The molecule has 6 aromatic carbocycles. The zero-order valence-corrected chi connectivity index (χ0v) is 93.8. The fourth-order valence-corrected chi connectivity index (χ4v) is 21.2. The van der Waals surface area contributed by atoms with Crippen molar-refractivity contribution in [3.63, 3.8) is 0 Å². The van der Waals surface area contributed by atoms with Gasteiger partial charge in [-0.25, -0.2) is 37.5 Å². The van der Waals surface area contributed by atoms with E-state index in [4.69, 9.17) is 53.1 Å². The molecule has 2 fully saturated rings. The van der Waals surface area contributed by atoms with E-state index in [9.17, 15) is 14.3 Å². The van der Waals surface area contributed by atoms with Crippen LogP contribution in [-0.4, -0.2) is 257 Å². The molecular weight excluding hydrogens is 1870 g/mol. The van der Waals surface area contributed by atoms with E-state index < -0.39 is 65.9 Å². The molecule has 2 aliphatic heterocycles. The lowest BCUT2D eigenvalue weighted by Gasteiger charge is -2.33. The van der Waals surface area contributed by atoms with E-state index in [1.807, 2.05) is 69.5 Å². The highest BCUT2D eigenvalue weighted by atomic mass is 28.3. The largest absolute Gasteiger partial charge is 0.505 e. The molecule has 0 unspecified atom stereocenters. The number of hydrogen-bond acceptors (Lipinski definition) is 20. The standard InChI is InChI=1S/C43H71FN6O4Si3.C37H57FN4O5Si3.C25H29FN6O/c1-12-34-27-41(54-33-53-22-25-57(9,10)11)39(44)28-38(34)35-14-15-37-40(26-35)50(32-52-21-24-56(6,7)8)46-42(37)43-45-36(29-48-18-16-47(13-2)17-19-48)30-49(43)31-51-20-23-55(3,4)5;1-11-28-21-35(47-27-46-16-19-50(8,9)10)33(38)22-32(28)29-12-13-31-34(20-29)42(26-45-15-18-49(5,6)7)40-36(31)37-39-30(24-43)23-41(37)25-44-14-17-48(2,3)4;1-3-16-12-23(33)21(26)13-20(16)17-5-6-19-22(11-17)29-30-24(19)25-27-14-18(28-25)15-32-9-7-31(4-2)8-10-32/h14-15,26-28,30H,12-13,16-25,29,31-33H2,1-11H3;12-13,20-24H,11,14-19,25-27H2,1-10H3;5-6,11-14,33H,3-4,7-10,15H2,1-2H3,(H,27,28)(H,29,30). The molecule has 35 heteroatoms. The third kappa shape index (κ3) is 31.8. The lowest BCUT2D eigenvalue weighted by atomic mass is 9.96. The number of halogens is 3. The van der Waals surface area contributed by atoms with Crippen molar-refractivity contribution < 1.29 is 61.0 Å². The van der Waals surface area contributed by atoms with E-state index in [2.05, 4.69) is 219 Å². The molecule has 26 nitrogen and oxygen atoms in total. The Bertz CT molecular complexity index is 6040. The number of piperazine rings is 2. The summed E-state index contributed by atoms with van der Waals surface area (Å²) in [4.78, 5) is 39.6. The molecule has 3 N–H and O–H groups in total. The molecule has 140 heavy (non-hydrogen) atoms. The fourth-order valence-electron chi connectivity index (χ4n) is 16.7. The van der Waals surface area contributed by atoms with E-state index in [1.165, 1.54) is 12.1 Å². The summed E-state index contributed by atoms with van der Waals surface area (Å²) in [5.74, 6) is 0.703. The van der Waals surface area contributed by atoms with Crippen LogP contribution in [0.4, 0.5) is 13.2 Å². The van der Waals surface area contributed by atoms with Crippen LogP contribution in [0.25, 0.3) is 101 Å². The lowest BCUT2D eigenvalue weighted by Crippen LogP contribution is -2.45. The summed E-state index contributed by atoms with van der Waals surface area (Å²) in [6, 6.07) is 34.1. The van der Waals surface area contributed by atoms with Gasteiger partial charge in [0.1, 0.15) is 49.7 Å². The number of H-pyrrole nitrogens is 2. The fraction of sp³-hybridized carbons (Fsp3) is 0.533. The van der Waals surface area contributed by atoms with Gasteiger partial charge in [-0.1, -0.05) is 171 Å². The Balaban J connectivity index is 0.000000194. The molecule has 6 aromatic heterocycles. The van der Waals surface area contributed by atoms with Crippen LogP contribution >= 0.6 is 0 Å². The number of fused-ring (bicyclic) bond motifs is 3. The summed E-state index contributed by atoms with van der Waals surface area (Å²) < 4.78 is 101. The molecule has 0 saturated carbocycles. The zero-order valence-electron chi connectivity index (χ0n) is 87.8. The van der Waals surface area contributed by atoms with Crippen LogP contribution in [0.5, 0.6) is 17.2 Å². The van der Waals surface area contributed by atoms with E-state index in [1.54, 1.807) is 24.4 Å². The molecule has 2 aliphatic rings. The molecule has 14 rings (SSSR count). The Hall–Kier alpha value is -8.88. The number of nitrogens with zero attached hydrogens (tertiary/aromatic N) is 14. The Labute approximate surface area is 834 Å². The van der Waals surface area contributed by atoms with Gasteiger partial charge in [-0.05, 0) is 191 Å². The molecule has 8 heterocycles. The van der Waals surface area contributed by atoms with Crippen molar-refractivity contribution in [2.75, 3.05) is 119 Å². The van der Waals surface area contributed by atoms with Gasteiger partial charge in [0, 0.05) is 188 Å². The topological polar surface area (TPSA) is 253 Å². The van der Waals surface area contributed by atoms with E-state index in [0.717, 1.165) is 251 Å². The van der Waals surface area contributed by atoms with Gasteiger partial charge in [-0.3, -0.25) is 19.7 Å². The number of aromatic amines is 2. The van der Waals surface area contributed by atoms with Gasteiger partial charge in [-0.2, -0.15) is 15.3 Å². The van der Waals surface area contributed by atoms with Gasteiger partial charge >= 0.3 is 0 Å². The number of phenolic OH excluding ortho intramolecular Hbond substituents is 1. The Morgan fingerprint density at radius 2 is 0.807 bits per heavy atom. The highest BCUT2D eigenvalue weighted by Gasteiger charge is 2.29. The zero-order chi connectivity index (χ0) is 101. The molecule has 0 atom stereocenters. The number of aldehydes is 1. The maximum absolute atomic E-state index is 15.7. The number of carbonyl (C=O) groups excluding carboxylic acids is 1. The first-order valence-electron chi connectivity index (χ1n) is 50.4. The summed E-state index contributed by atoms with van der Waals surface area (Å²) >= 11 is 0. The molecule has 0 spiro atoms. The third-order valence-corrected chi connectivity index (χ3v) is 35.9. The number of phenols is 1. The minimum absolute atomic E-state index is 0.0143. The number of nitrogens with one attached hydrogen (secondary N) is 2. The lowest BCUT2D eigenvalue weighted by molar-refractivity contribution is 0.0195. The van der Waals surface area contributed by atoms with E-state index >= 15 is 8.78 Å². The molecule has 0 bridgehead atoms. The number of aromatic nitrogens is 12. The van der Waals surface area contributed by atoms with Gasteiger partial charge in [0.05, 0.1) is 28.4 Å². The van der Waals surface area contributed by atoms with Crippen molar-refractivity contribution >= 4 is 87.4 Å². The summed E-state index contributed by atoms with van der Waals surface area (Å²) in [6.45, 7) is 70.0. The minimum Gasteiger partial charge on any atom is -0.505 e. The molecular formula is C105H157F3N16O10Si6. The van der Waals surface area contributed by atoms with Crippen LogP contribution in [0.1, 0.15) is 73.2 Å².